The summed E-state index contributed by atoms with van der Waals surface area (Å²) in [6.45, 7) is 2.27. The summed E-state index contributed by atoms with van der Waals surface area (Å²) in [6.07, 6.45) is 1.71. The summed E-state index contributed by atoms with van der Waals surface area (Å²) in [5, 5.41) is 9.60. The second-order valence-corrected chi connectivity index (χ2v) is 6.24. The van der Waals surface area contributed by atoms with Gasteiger partial charge in [-0.15, -0.1) is 0 Å². The topological polar surface area (TPSA) is 81.8 Å². The standard InChI is InChI=1S/C20H26N4O2/c1-23(15-16-7-4-3-5-8-16)11-12-24(2)19(20(26)22-21)14-17-9-6-10-18(25)13-17/h3-10,13-14,25H,11-12,15,21H2,1-2H3,(H,22,26). The van der Waals surface area contributed by atoms with Crippen molar-refractivity contribution in [1.82, 2.24) is 15.2 Å². The van der Waals surface area contributed by atoms with Crippen LogP contribution in [0, 0.1) is 0 Å². The van der Waals surface area contributed by atoms with Gasteiger partial charge in [-0.25, -0.2) is 5.84 Å². The van der Waals surface area contributed by atoms with Crippen molar-refractivity contribution in [3.63, 3.8) is 0 Å². The molecule has 0 spiro atoms. The lowest BCUT2D eigenvalue weighted by Gasteiger charge is -2.25. The molecule has 0 unspecified atom stereocenters. The highest BCUT2D eigenvalue weighted by Crippen LogP contribution is 2.15. The molecule has 138 valence electrons. The Hall–Kier alpha value is -2.83. The van der Waals surface area contributed by atoms with E-state index >= 15 is 0 Å². The van der Waals surface area contributed by atoms with E-state index in [1.165, 1.54) is 5.56 Å². The Labute approximate surface area is 154 Å². The Morgan fingerprint density at radius 3 is 2.50 bits per heavy atom. The van der Waals surface area contributed by atoms with Crippen LogP contribution in [0.5, 0.6) is 5.75 Å². The SMILES string of the molecule is CN(CCN(C)C(=Cc1cccc(O)c1)C(=O)NN)Cc1ccccc1. The number of benzene rings is 2. The molecule has 4 N–H and O–H groups in total. The Balaban J connectivity index is 2.02. The van der Waals surface area contributed by atoms with Gasteiger partial charge in [0.2, 0.25) is 0 Å². The van der Waals surface area contributed by atoms with Crippen molar-refractivity contribution in [2.75, 3.05) is 27.2 Å². The number of amides is 1. The Kier molecular flexibility index (Phi) is 7.20. The van der Waals surface area contributed by atoms with Gasteiger partial charge in [0.05, 0.1) is 0 Å². The number of nitrogens with one attached hydrogen (secondary N) is 1. The number of phenols is 1. The number of carbonyl (C=O) groups excluding carboxylic acids is 1. The minimum Gasteiger partial charge on any atom is -0.508 e. The van der Waals surface area contributed by atoms with Crippen LogP contribution >= 0.6 is 0 Å². The molecule has 0 radical (unpaired) electrons. The smallest absolute Gasteiger partial charge is 0.281 e. The van der Waals surface area contributed by atoms with Crippen molar-refractivity contribution in [1.29, 1.82) is 0 Å². The lowest BCUT2D eigenvalue weighted by molar-refractivity contribution is -0.118. The zero-order valence-corrected chi connectivity index (χ0v) is 15.2. The number of hydrazine groups is 1. The van der Waals surface area contributed by atoms with Crippen LogP contribution in [-0.4, -0.2) is 48.0 Å². The molecule has 0 bridgehead atoms. The number of hydrogen-bond acceptors (Lipinski definition) is 5. The molecule has 0 aliphatic carbocycles. The molecule has 6 heteroatoms. The fourth-order valence-corrected chi connectivity index (χ4v) is 2.61. The largest absolute Gasteiger partial charge is 0.508 e. The van der Waals surface area contributed by atoms with E-state index in [-0.39, 0.29) is 11.7 Å². The number of aromatic hydroxyl groups is 1. The highest BCUT2D eigenvalue weighted by atomic mass is 16.3. The molecule has 1 amide bonds. The maximum absolute atomic E-state index is 12.2. The van der Waals surface area contributed by atoms with Crippen molar-refractivity contribution in [3.05, 3.63) is 71.4 Å². The summed E-state index contributed by atoms with van der Waals surface area (Å²) < 4.78 is 0. The van der Waals surface area contributed by atoms with E-state index < -0.39 is 0 Å². The van der Waals surface area contributed by atoms with Crippen LogP contribution in [-0.2, 0) is 11.3 Å². The molecule has 0 saturated heterocycles. The first-order valence-electron chi connectivity index (χ1n) is 8.45. The van der Waals surface area contributed by atoms with E-state index in [2.05, 4.69) is 22.5 Å². The molecular formula is C20H26N4O2. The van der Waals surface area contributed by atoms with Crippen molar-refractivity contribution >= 4 is 12.0 Å². The zero-order chi connectivity index (χ0) is 18.9. The summed E-state index contributed by atoms with van der Waals surface area (Å²) in [6, 6.07) is 17.0. The number of hydrogen-bond donors (Lipinski definition) is 3. The van der Waals surface area contributed by atoms with Crippen LogP contribution in [0.3, 0.4) is 0 Å². The van der Waals surface area contributed by atoms with Crippen molar-refractivity contribution in [2.45, 2.75) is 6.54 Å². The predicted octanol–water partition coefficient (Wildman–Crippen LogP) is 1.79. The molecule has 0 heterocycles. The molecule has 0 saturated carbocycles. The first kappa shape index (κ1) is 19.5. The number of likely N-dealkylation sites (N-methyl/N-ethyl adjacent to an activating group) is 2. The quantitative estimate of drug-likeness (QED) is 0.291. The second kappa shape index (κ2) is 9.60. The van der Waals surface area contributed by atoms with E-state index in [4.69, 9.17) is 5.84 Å². The first-order chi connectivity index (χ1) is 12.5. The van der Waals surface area contributed by atoms with Gasteiger partial charge in [-0.2, -0.15) is 0 Å². The summed E-state index contributed by atoms with van der Waals surface area (Å²) in [7, 11) is 3.89. The third-order valence-corrected chi connectivity index (χ3v) is 4.06. The van der Waals surface area contributed by atoms with Gasteiger partial charge in [0, 0.05) is 26.7 Å². The van der Waals surface area contributed by atoms with Crippen molar-refractivity contribution in [2.24, 2.45) is 5.84 Å². The number of rotatable bonds is 8. The lowest BCUT2D eigenvalue weighted by Crippen LogP contribution is -2.39. The normalized spacial score (nSPS) is 11.5. The van der Waals surface area contributed by atoms with Crippen molar-refractivity contribution < 1.29 is 9.90 Å². The summed E-state index contributed by atoms with van der Waals surface area (Å²) in [4.78, 5) is 16.2. The fourth-order valence-electron chi connectivity index (χ4n) is 2.61. The third-order valence-electron chi connectivity index (χ3n) is 4.06. The summed E-state index contributed by atoms with van der Waals surface area (Å²) in [5.74, 6) is 5.10. The molecule has 26 heavy (non-hydrogen) atoms. The molecular weight excluding hydrogens is 328 g/mol. The molecule has 2 rings (SSSR count). The van der Waals surface area contributed by atoms with Gasteiger partial charge in [0.15, 0.2) is 0 Å². The molecule has 0 aliphatic heterocycles. The first-order valence-corrected chi connectivity index (χ1v) is 8.45. The van der Waals surface area contributed by atoms with Gasteiger partial charge in [-0.1, -0.05) is 42.5 Å². The molecule has 2 aromatic rings. The minimum atomic E-state index is -0.374. The highest BCUT2D eigenvalue weighted by Gasteiger charge is 2.14. The van der Waals surface area contributed by atoms with Gasteiger partial charge in [0.1, 0.15) is 11.4 Å². The lowest BCUT2D eigenvalue weighted by atomic mass is 10.1. The van der Waals surface area contributed by atoms with Crippen molar-refractivity contribution in [3.8, 4) is 5.75 Å². The number of carbonyl (C=O) groups is 1. The number of nitrogens with zero attached hydrogens (tertiary/aromatic N) is 2. The Morgan fingerprint density at radius 1 is 1.12 bits per heavy atom. The van der Waals surface area contributed by atoms with Crippen LogP contribution in [0.4, 0.5) is 0 Å². The van der Waals surface area contributed by atoms with E-state index in [1.807, 2.05) is 43.3 Å². The third kappa shape index (κ3) is 5.91. The van der Waals surface area contributed by atoms with E-state index in [0.29, 0.717) is 12.2 Å². The molecule has 0 fully saturated rings. The molecule has 2 aromatic carbocycles. The van der Waals surface area contributed by atoms with E-state index in [1.54, 1.807) is 24.3 Å². The maximum atomic E-state index is 12.2. The monoisotopic (exact) mass is 354 g/mol. The van der Waals surface area contributed by atoms with Gasteiger partial charge in [-0.3, -0.25) is 10.2 Å². The van der Waals surface area contributed by atoms with Crippen LogP contribution < -0.4 is 11.3 Å². The molecule has 0 atom stereocenters. The number of phenolic OH excluding ortho intramolecular Hbond substituents is 1. The van der Waals surface area contributed by atoms with E-state index in [9.17, 15) is 9.90 Å². The molecule has 6 nitrogen and oxygen atoms in total. The van der Waals surface area contributed by atoms with Crippen LogP contribution in [0.15, 0.2) is 60.3 Å². The minimum absolute atomic E-state index is 0.150. The highest BCUT2D eigenvalue weighted by molar-refractivity contribution is 5.96. The molecule has 0 aliphatic rings. The molecule has 0 aromatic heterocycles. The average Bonchev–Trinajstić information content (AvgIpc) is 2.64. The van der Waals surface area contributed by atoms with Crippen LogP contribution in [0.25, 0.3) is 6.08 Å². The zero-order valence-electron chi connectivity index (χ0n) is 15.2. The predicted molar refractivity (Wildman–Crippen MR) is 104 cm³/mol. The Bertz CT molecular complexity index is 746. The van der Waals surface area contributed by atoms with Crippen LogP contribution in [0.1, 0.15) is 11.1 Å². The Morgan fingerprint density at radius 2 is 1.85 bits per heavy atom. The average molecular weight is 354 g/mol. The van der Waals surface area contributed by atoms with Gasteiger partial charge in [-0.05, 0) is 36.4 Å². The summed E-state index contributed by atoms with van der Waals surface area (Å²) >= 11 is 0. The van der Waals surface area contributed by atoms with E-state index in [0.717, 1.165) is 18.7 Å². The maximum Gasteiger partial charge on any atom is 0.281 e. The van der Waals surface area contributed by atoms with Gasteiger partial charge >= 0.3 is 0 Å². The summed E-state index contributed by atoms with van der Waals surface area (Å²) in [5.41, 5.74) is 4.59. The van der Waals surface area contributed by atoms with Crippen LogP contribution in [0.2, 0.25) is 0 Å². The second-order valence-electron chi connectivity index (χ2n) is 6.24. The van der Waals surface area contributed by atoms with Gasteiger partial charge < -0.3 is 14.9 Å². The van der Waals surface area contributed by atoms with Gasteiger partial charge in [0.25, 0.3) is 5.91 Å². The fraction of sp³-hybridized carbons (Fsp3) is 0.250. The number of nitrogens with two attached hydrogens (primary N) is 1.